The van der Waals surface area contributed by atoms with Gasteiger partial charge in [0, 0.05) is 22.8 Å². The third-order valence-corrected chi connectivity index (χ3v) is 12.4. The first kappa shape index (κ1) is 25.3. The minimum atomic E-state index is -0.548. The summed E-state index contributed by atoms with van der Waals surface area (Å²) in [6.45, 7) is 15.5. The minimum absolute atomic E-state index is 0.0294. The smallest absolute Gasteiger partial charge is 0.335 e. The Morgan fingerprint density at radius 1 is 1.03 bits per heavy atom. The van der Waals surface area contributed by atoms with Gasteiger partial charge in [0.25, 0.3) is 0 Å². The van der Waals surface area contributed by atoms with E-state index in [1.54, 1.807) is 0 Å². The normalized spacial score (nSPS) is 51.0. The average Bonchev–Trinajstić information content (AvgIpc) is 3.11. The Kier molecular flexibility index (Phi) is 5.83. The largest absolute Gasteiger partial charge is 0.462 e. The summed E-state index contributed by atoms with van der Waals surface area (Å²) < 4.78 is 11.7. The molecule has 0 aromatic carbocycles. The van der Waals surface area contributed by atoms with Gasteiger partial charge < -0.3 is 14.6 Å². The minimum Gasteiger partial charge on any atom is -0.462 e. The van der Waals surface area contributed by atoms with Gasteiger partial charge in [0.1, 0.15) is 12.2 Å². The van der Waals surface area contributed by atoms with Crippen LogP contribution in [0.25, 0.3) is 0 Å². The second-order valence-electron chi connectivity index (χ2n) is 13.5. The SMILES string of the molecule is CCC(=O)O[C@@H]1CC[C@@]2(C)C(CC[C@@]3(C)[C@@H]4CCC5=C(C(=O)O[C@H]5C)[C@@]4(C)[C@@H](O)C[C@@H]32)[C@@]1(C)CC. The van der Waals surface area contributed by atoms with Crippen molar-refractivity contribution in [1.82, 2.24) is 0 Å². The monoisotopic (exact) mass is 486 g/mol. The molecule has 0 saturated heterocycles. The van der Waals surface area contributed by atoms with Crippen LogP contribution in [0.5, 0.6) is 0 Å². The molecular formula is C30H46O5. The van der Waals surface area contributed by atoms with E-state index in [1.807, 2.05) is 13.8 Å². The van der Waals surface area contributed by atoms with Crippen molar-refractivity contribution in [2.75, 3.05) is 0 Å². The number of esters is 2. The van der Waals surface area contributed by atoms with Gasteiger partial charge in [-0.2, -0.15) is 0 Å². The molecule has 0 aromatic heterocycles. The van der Waals surface area contributed by atoms with Gasteiger partial charge in [-0.05, 0) is 92.4 Å². The molecule has 1 heterocycles. The van der Waals surface area contributed by atoms with Crippen LogP contribution in [-0.2, 0) is 19.1 Å². The van der Waals surface area contributed by atoms with E-state index in [1.165, 1.54) is 0 Å². The van der Waals surface area contributed by atoms with Gasteiger partial charge in [-0.3, -0.25) is 4.79 Å². The Balaban J connectivity index is 1.53. The second kappa shape index (κ2) is 8.07. The molecule has 5 heteroatoms. The number of aliphatic hydroxyl groups excluding tert-OH is 1. The van der Waals surface area contributed by atoms with Crippen LogP contribution in [0.1, 0.15) is 106 Å². The van der Waals surface area contributed by atoms with E-state index in [4.69, 9.17) is 9.47 Å². The number of carbonyl (C=O) groups is 2. The van der Waals surface area contributed by atoms with Gasteiger partial charge in [0.05, 0.1) is 6.10 Å². The third-order valence-electron chi connectivity index (χ3n) is 12.4. The van der Waals surface area contributed by atoms with E-state index in [-0.39, 0.29) is 46.3 Å². The number of ether oxygens (including phenoxy) is 2. The van der Waals surface area contributed by atoms with Crippen molar-refractivity contribution >= 4 is 11.9 Å². The predicted octanol–water partition coefficient (Wildman–Crippen LogP) is 5.98. The Bertz CT molecular complexity index is 954. The fourth-order valence-electron chi connectivity index (χ4n) is 10.4. The summed E-state index contributed by atoms with van der Waals surface area (Å²) in [5.41, 5.74) is 1.48. The lowest BCUT2D eigenvalue weighted by Gasteiger charge is -2.70. The molecule has 5 rings (SSSR count). The molecule has 0 amide bonds. The zero-order chi connectivity index (χ0) is 25.6. The molecule has 3 fully saturated rings. The third kappa shape index (κ3) is 3.15. The number of cyclic esters (lactones) is 1. The maximum atomic E-state index is 13.0. The first-order valence-corrected chi connectivity index (χ1v) is 14.2. The van der Waals surface area contributed by atoms with Gasteiger partial charge in [-0.25, -0.2) is 4.79 Å². The molecule has 5 aliphatic rings. The van der Waals surface area contributed by atoms with Gasteiger partial charge >= 0.3 is 11.9 Å². The molecule has 0 spiro atoms. The number of hydrogen-bond acceptors (Lipinski definition) is 5. The van der Waals surface area contributed by atoms with E-state index in [2.05, 4.69) is 34.6 Å². The van der Waals surface area contributed by atoms with Crippen LogP contribution in [-0.4, -0.2) is 35.4 Å². The molecule has 1 unspecified atom stereocenters. The van der Waals surface area contributed by atoms with Crippen LogP contribution in [0.2, 0.25) is 0 Å². The highest BCUT2D eigenvalue weighted by Gasteiger charge is 2.70. The Morgan fingerprint density at radius 3 is 2.34 bits per heavy atom. The fourth-order valence-corrected chi connectivity index (χ4v) is 10.4. The van der Waals surface area contributed by atoms with E-state index in [9.17, 15) is 14.7 Å². The first-order valence-electron chi connectivity index (χ1n) is 14.2. The number of rotatable bonds is 3. The summed E-state index contributed by atoms with van der Waals surface area (Å²) in [6.07, 6.45) is 7.46. The molecule has 0 radical (unpaired) electrons. The van der Waals surface area contributed by atoms with Gasteiger partial charge in [0.2, 0.25) is 0 Å². The Labute approximate surface area is 211 Å². The van der Waals surface area contributed by atoms with Crippen LogP contribution >= 0.6 is 0 Å². The highest BCUT2D eigenvalue weighted by atomic mass is 16.6. The average molecular weight is 487 g/mol. The Hall–Kier alpha value is -1.36. The summed E-state index contributed by atoms with van der Waals surface area (Å²) in [5.74, 6) is 0.811. The molecule has 5 nitrogen and oxygen atoms in total. The lowest BCUT2D eigenvalue weighted by atomic mass is 9.34. The van der Waals surface area contributed by atoms with E-state index >= 15 is 0 Å². The molecule has 1 N–H and O–H groups in total. The van der Waals surface area contributed by atoms with Crippen molar-refractivity contribution in [1.29, 1.82) is 0 Å². The lowest BCUT2D eigenvalue weighted by molar-refractivity contribution is -0.239. The van der Waals surface area contributed by atoms with E-state index in [0.717, 1.165) is 62.5 Å². The van der Waals surface area contributed by atoms with Crippen molar-refractivity contribution in [3.8, 4) is 0 Å². The van der Waals surface area contributed by atoms with Crippen LogP contribution in [0.3, 0.4) is 0 Å². The van der Waals surface area contributed by atoms with Crippen molar-refractivity contribution < 1.29 is 24.2 Å². The molecule has 0 bridgehead atoms. The van der Waals surface area contributed by atoms with Gasteiger partial charge in [-0.15, -0.1) is 0 Å². The van der Waals surface area contributed by atoms with Crippen molar-refractivity contribution in [2.24, 2.45) is 39.4 Å². The summed E-state index contributed by atoms with van der Waals surface area (Å²) in [5, 5.41) is 11.9. The predicted molar refractivity (Wildman–Crippen MR) is 134 cm³/mol. The highest BCUT2D eigenvalue weighted by molar-refractivity contribution is 5.94. The molecule has 1 aliphatic heterocycles. The molecular weight excluding hydrogens is 440 g/mol. The number of hydrogen-bond donors (Lipinski definition) is 1. The number of aliphatic hydroxyl groups is 1. The van der Waals surface area contributed by atoms with Crippen LogP contribution < -0.4 is 0 Å². The summed E-state index contributed by atoms with van der Waals surface area (Å²) in [6, 6.07) is 0. The topological polar surface area (TPSA) is 72.8 Å². The van der Waals surface area contributed by atoms with Crippen molar-refractivity contribution in [3.05, 3.63) is 11.1 Å². The van der Waals surface area contributed by atoms with Crippen LogP contribution in [0.15, 0.2) is 11.1 Å². The van der Waals surface area contributed by atoms with Crippen molar-refractivity contribution in [3.63, 3.8) is 0 Å². The van der Waals surface area contributed by atoms with Crippen molar-refractivity contribution in [2.45, 2.75) is 125 Å². The maximum Gasteiger partial charge on any atom is 0.335 e. The van der Waals surface area contributed by atoms with E-state index in [0.29, 0.717) is 18.3 Å². The van der Waals surface area contributed by atoms with Gasteiger partial charge in [0.15, 0.2) is 0 Å². The Morgan fingerprint density at radius 2 is 1.69 bits per heavy atom. The van der Waals surface area contributed by atoms with Crippen LogP contribution in [0, 0.1) is 39.4 Å². The zero-order valence-corrected chi connectivity index (χ0v) is 22.9. The highest BCUT2D eigenvalue weighted by Crippen LogP contribution is 2.74. The number of carbonyl (C=O) groups excluding carboxylic acids is 2. The standard InChI is InChI=1S/C30H46O5/c1-8-24(32)35-23-13-15-28(5)19(27(23,4)9-2)12-14-29(6)20-11-10-18-17(3)34-26(33)25(18)30(20,7)22(31)16-21(28)29/h17,19-23,31H,8-16H2,1-7H3/t17-,19?,20-,21+,22-,23+,27+,28-,29-,30+/m0/s1. The first-order chi connectivity index (χ1) is 16.4. The molecule has 3 saturated carbocycles. The van der Waals surface area contributed by atoms with Gasteiger partial charge in [-0.1, -0.05) is 41.5 Å². The van der Waals surface area contributed by atoms with E-state index < -0.39 is 11.5 Å². The lowest BCUT2D eigenvalue weighted by Crippen LogP contribution is -2.67. The molecule has 0 aromatic rings. The molecule has 196 valence electrons. The molecule has 35 heavy (non-hydrogen) atoms. The van der Waals surface area contributed by atoms with Crippen LogP contribution in [0.4, 0.5) is 0 Å². The molecule has 4 aliphatic carbocycles. The summed E-state index contributed by atoms with van der Waals surface area (Å²) in [4.78, 5) is 25.3. The fraction of sp³-hybridized carbons (Fsp3) is 0.867. The number of fused-ring (bicyclic) bond motifs is 6. The quantitative estimate of drug-likeness (QED) is 0.497. The summed E-state index contributed by atoms with van der Waals surface area (Å²) in [7, 11) is 0. The maximum absolute atomic E-state index is 13.0. The second-order valence-corrected chi connectivity index (χ2v) is 13.5. The molecule has 10 atom stereocenters. The summed E-state index contributed by atoms with van der Waals surface area (Å²) >= 11 is 0. The zero-order valence-electron chi connectivity index (χ0n) is 22.9.